The third-order valence-electron chi connectivity index (χ3n) is 5.32. The predicted molar refractivity (Wildman–Crippen MR) is 102 cm³/mol. The summed E-state index contributed by atoms with van der Waals surface area (Å²) in [6.45, 7) is 4.08. The molecule has 0 bridgehead atoms. The van der Waals surface area contributed by atoms with Gasteiger partial charge in [0.05, 0.1) is 5.69 Å². The number of hydrogen-bond donors (Lipinski definition) is 1. The molecule has 1 fully saturated rings. The molecule has 2 aliphatic rings. The summed E-state index contributed by atoms with van der Waals surface area (Å²) < 4.78 is 11.7. The Labute approximate surface area is 159 Å². The topological polar surface area (TPSA) is 102 Å². The molecule has 0 spiro atoms. The van der Waals surface area contributed by atoms with Crippen LogP contribution in [0, 0.1) is 5.92 Å². The van der Waals surface area contributed by atoms with Gasteiger partial charge >= 0.3 is 5.69 Å². The van der Waals surface area contributed by atoms with Gasteiger partial charge in [0.2, 0.25) is 12.7 Å². The molecule has 0 saturated carbocycles. The Morgan fingerprint density at radius 3 is 2.75 bits per heavy atom. The van der Waals surface area contributed by atoms with Crippen LogP contribution in [-0.2, 0) is 0 Å². The van der Waals surface area contributed by atoms with E-state index in [4.69, 9.17) is 9.47 Å². The van der Waals surface area contributed by atoms with E-state index in [1.165, 1.54) is 6.20 Å². The standard InChI is InChI=1S/C19H19N5O4/c1-11-4-6-23(7-5-11)18-20-9-13-16(21-18)22-19(26)24(17(13)25)12-2-3-14-15(8-12)28-10-27-14/h2-3,8-9,11H,4-7,10H2,1H3,(H,20,21,22,26). The molecule has 9 nitrogen and oxygen atoms in total. The van der Waals surface area contributed by atoms with Crippen molar-refractivity contribution in [2.45, 2.75) is 19.8 Å². The second kappa shape index (κ2) is 6.36. The van der Waals surface area contributed by atoms with Crippen molar-refractivity contribution in [3.63, 3.8) is 0 Å². The monoisotopic (exact) mass is 381 g/mol. The Morgan fingerprint density at radius 1 is 1.14 bits per heavy atom. The highest BCUT2D eigenvalue weighted by molar-refractivity contribution is 5.74. The van der Waals surface area contributed by atoms with E-state index in [2.05, 4.69) is 26.8 Å². The van der Waals surface area contributed by atoms with Crippen LogP contribution < -0.4 is 25.6 Å². The molecule has 5 rings (SSSR count). The predicted octanol–water partition coefficient (Wildman–Crippen LogP) is 1.43. The summed E-state index contributed by atoms with van der Waals surface area (Å²) in [6.07, 6.45) is 3.63. The molecule has 1 saturated heterocycles. The van der Waals surface area contributed by atoms with Crippen molar-refractivity contribution < 1.29 is 9.47 Å². The molecule has 0 unspecified atom stereocenters. The molecule has 28 heavy (non-hydrogen) atoms. The van der Waals surface area contributed by atoms with E-state index >= 15 is 0 Å². The molecule has 9 heteroatoms. The van der Waals surface area contributed by atoms with Crippen molar-refractivity contribution >= 4 is 17.0 Å². The third-order valence-corrected chi connectivity index (χ3v) is 5.32. The normalized spacial score (nSPS) is 16.7. The van der Waals surface area contributed by atoms with Gasteiger partial charge in [-0.05, 0) is 30.9 Å². The van der Waals surface area contributed by atoms with Crippen LogP contribution in [0.1, 0.15) is 19.8 Å². The number of H-pyrrole nitrogens is 1. The smallest absolute Gasteiger partial charge is 0.334 e. The van der Waals surface area contributed by atoms with Crippen LogP contribution in [0.2, 0.25) is 0 Å². The highest BCUT2D eigenvalue weighted by atomic mass is 16.7. The van der Waals surface area contributed by atoms with Gasteiger partial charge in [0.15, 0.2) is 17.1 Å². The van der Waals surface area contributed by atoms with Crippen molar-refractivity contribution in [3.05, 3.63) is 45.2 Å². The van der Waals surface area contributed by atoms with Gasteiger partial charge in [0.25, 0.3) is 5.56 Å². The number of anilines is 1. The van der Waals surface area contributed by atoms with E-state index in [0.29, 0.717) is 29.1 Å². The summed E-state index contributed by atoms with van der Waals surface area (Å²) in [6, 6.07) is 4.92. The van der Waals surface area contributed by atoms with Crippen molar-refractivity contribution in [1.29, 1.82) is 0 Å². The van der Waals surface area contributed by atoms with Crippen LogP contribution in [0.3, 0.4) is 0 Å². The highest BCUT2D eigenvalue weighted by Crippen LogP contribution is 2.33. The number of nitrogens with one attached hydrogen (secondary N) is 1. The van der Waals surface area contributed by atoms with Gasteiger partial charge in [-0.15, -0.1) is 0 Å². The Kier molecular flexibility index (Phi) is 3.81. The molecule has 2 aromatic heterocycles. The Hall–Kier alpha value is -3.36. The number of hydrogen-bond acceptors (Lipinski definition) is 7. The molecule has 3 aromatic rings. The highest BCUT2D eigenvalue weighted by Gasteiger charge is 2.20. The molecule has 2 aliphatic heterocycles. The number of piperidine rings is 1. The number of fused-ring (bicyclic) bond motifs is 2. The fraction of sp³-hybridized carbons (Fsp3) is 0.368. The van der Waals surface area contributed by atoms with Crippen molar-refractivity contribution in [3.8, 4) is 17.2 Å². The van der Waals surface area contributed by atoms with Crippen LogP contribution >= 0.6 is 0 Å². The van der Waals surface area contributed by atoms with E-state index in [9.17, 15) is 9.59 Å². The summed E-state index contributed by atoms with van der Waals surface area (Å²) >= 11 is 0. The molecule has 0 radical (unpaired) electrons. The molecular formula is C19H19N5O4. The molecular weight excluding hydrogens is 362 g/mol. The van der Waals surface area contributed by atoms with Crippen LogP contribution in [0.5, 0.6) is 11.5 Å². The lowest BCUT2D eigenvalue weighted by molar-refractivity contribution is 0.174. The second-order valence-corrected chi connectivity index (χ2v) is 7.21. The van der Waals surface area contributed by atoms with Crippen molar-refractivity contribution in [2.24, 2.45) is 5.92 Å². The number of ether oxygens (including phenoxy) is 2. The van der Waals surface area contributed by atoms with E-state index in [1.54, 1.807) is 18.2 Å². The van der Waals surface area contributed by atoms with Crippen molar-refractivity contribution in [2.75, 3.05) is 24.8 Å². The maximum Gasteiger partial charge on any atom is 0.334 e. The zero-order valence-electron chi connectivity index (χ0n) is 15.3. The lowest BCUT2D eigenvalue weighted by Crippen LogP contribution is -2.36. The molecule has 144 valence electrons. The van der Waals surface area contributed by atoms with Crippen LogP contribution in [0.25, 0.3) is 16.7 Å². The van der Waals surface area contributed by atoms with Gasteiger partial charge in [-0.1, -0.05) is 6.92 Å². The van der Waals surface area contributed by atoms with Gasteiger partial charge in [-0.2, -0.15) is 4.98 Å². The number of rotatable bonds is 2. The lowest BCUT2D eigenvalue weighted by Gasteiger charge is -2.30. The molecule has 1 N–H and O–H groups in total. The quantitative estimate of drug-likeness (QED) is 0.716. The first-order valence-corrected chi connectivity index (χ1v) is 9.27. The summed E-state index contributed by atoms with van der Waals surface area (Å²) in [5.74, 6) is 2.30. The fourth-order valence-electron chi connectivity index (χ4n) is 3.61. The Morgan fingerprint density at radius 2 is 1.93 bits per heavy atom. The third kappa shape index (κ3) is 2.70. The van der Waals surface area contributed by atoms with E-state index in [0.717, 1.165) is 30.5 Å². The van der Waals surface area contributed by atoms with E-state index in [1.807, 2.05) is 0 Å². The lowest BCUT2D eigenvalue weighted by atomic mass is 10.00. The minimum absolute atomic E-state index is 0.119. The molecule has 1 aromatic carbocycles. The zero-order chi connectivity index (χ0) is 19.3. The van der Waals surface area contributed by atoms with Gasteiger partial charge in [0.1, 0.15) is 5.39 Å². The second-order valence-electron chi connectivity index (χ2n) is 7.21. The number of benzene rings is 1. The van der Waals surface area contributed by atoms with Gasteiger partial charge in [-0.25, -0.2) is 14.3 Å². The van der Waals surface area contributed by atoms with Crippen LogP contribution in [0.15, 0.2) is 34.0 Å². The number of aromatic amines is 1. The fourth-order valence-corrected chi connectivity index (χ4v) is 3.61. The van der Waals surface area contributed by atoms with Gasteiger partial charge in [0, 0.05) is 25.4 Å². The summed E-state index contributed by atoms with van der Waals surface area (Å²) in [7, 11) is 0. The number of aromatic nitrogens is 4. The van der Waals surface area contributed by atoms with Crippen molar-refractivity contribution in [1.82, 2.24) is 19.5 Å². The van der Waals surface area contributed by atoms with E-state index < -0.39 is 11.2 Å². The van der Waals surface area contributed by atoms with Gasteiger partial charge in [-0.3, -0.25) is 9.78 Å². The first-order valence-electron chi connectivity index (χ1n) is 9.27. The Balaban J connectivity index is 1.58. The molecule has 0 amide bonds. The largest absolute Gasteiger partial charge is 0.454 e. The van der Waals surface area contributed by atoms with Gasteiger partial charge < -0.3 is 14.4 Å². The zero-order valence-corrected chi connectivity index (χ0v) is 15.3. The van der Waals surface area contributed by atoms with E-state index in [-0.39, 0.29) is 17.8 Å². The minimum Gasteiger partial charge on any atom is -0.454 e. The number of nitrogens with zero attached hydrogens (tertiary/aromatic N) is 4. The summed E-state index contributed by atoms with van der Waals surface area (Å²) in [5.41, 5.74) is -0.396. The average Bonchev–Trinajstić information content (AvgIpc) is 3.16. The first-order chi connectivity index (χ1) is 13.6. The summed E-state index contributed by atoms with van der Waals surface area (Å²) in [4.78, 5) is 39.2. The SMILES string of the molecule is CC1CCN(c2ncc3c(=O)n(-c4ccc5c(c4)OCO5)c(=O)[nH]c3n2)CC1. The van der Waals surface area contributed by atoms with Crippen LogP contribution in [-0.4, -0.2) is 39.4 Å². The summed E-state index contributed by atoms with van der Waals surface area (Å²) in [5, 5.41) is 0.256. The molecule has 0 atom stereocenters. The van der Waals surface area contributed by atoms with Crippen LogP contribution in [0.4, 0.5) is 5.95 Å². The molecule has 0 aliphatic carbocycles. The maximum absolute atomic E-state index is 13.0. The first kappa shape index (κ1) is 16.8. The Bertz CT molecular complexity index is 1180. The maximum atomic E-state index is 13.0. The average molecular weight is 381 g/mol. The minimum atomic E-state index is -0.562. The molecule has 4 heterocycles.